The number of carbonyl (C=O) groups is 3. The number of nitrogens with zero attached hydrogens (tertiary/aromatic N) is 2. The molecule has 0 aliphatic carbocycles. The van der Waals surface area contributed by atoms with Crippen molar-refractivity contribution in [2.45, 2.75) is 6.92 Å². The maximum atomic E-state index is 12.1. The summed E-state index contributed by atoms with van der Waals surface area (Å²) < 4.78 is 10.1. The molecule has 0 spiro atoms. The van der Waals surface area contributed by atoms with Crippen LogP contribution in [0.3, 0.4) is 0 Å². The fourth-order valence-electron chi connectivity index (χ4n) is 2.33. The number of ether oxygens (including phenoxy) is 2. The van der Waals surface area contributed by atoms with E-state index in [2.05, 4.69) is 0 Å². The van der Waals surface area contributed by atoms with E-state index in [1.54, 1.807) is 17.9 Å². The van der Waals surface area contributed by atoms with E-state index in [0.717, 1.165) is 5.56 Å². The molecule has 0 unspecified atom stereocenters. The number of likely N-dealkylation sites (N-methyl/N-ethyl adjacent to an activating group) is 1. The summed E-state index contributed by atoms with van der Waals surface area (Å²) in [6.45, 7) is 3.16. The van der Waals surface area contributed by atoms with Crippen molar-refractivity contribution in [3.63, 3.8) is 0 Å². The summed E-state index contributed by atoms with van der Waals surface area (Å²) >= 11 is 0. The Morgan fingerprint density at radius 2 is 1.96 bits per heavy atom. The van der Waals surface area contributed by atoms with E-state index < -0.39 is 18.5 Å². The minimum atomic E-state index is -0.793. The van der Waals surface area contributed by atoms with Crippen LogP contribution in [0.15, 0.2) is 18.2 Å². The number of esters is 1. The summed E-state index contributed by atoms with van der Waals surface area (Å²) in [6.07, 6.45) is 0. The first kappa shape index (κ1) is 18.7. The Hall–Kier alpha value is -2.61. The molecule has 0 atom stereocenters. The van der Waals surface area contributed by atoms with Gasteiger partial charge in [0.25, 0.3) is 5.91 Å². The van der Waals surface area contributed by atoms with Crippen LogP contribution in [0, 0.1) is 6.92 Å². The number of phenolic OH excluding ortho intramolecular Hbond substituents is 1. The molecule has 1 aliphatic rings. The zero-order chi connectivity index (χ0) is 18.4. The summed E-state index contributed by atoms with van der Waals surface area (Å²) in [5.74, 6) is -1.67. The third-order valence-electron chi connectivity index (χ3n) is 3.86. The Labute approximate surface area is 145 Å². The Morgan fingerprint density at radius 3 is 2.60 bits per heavy atom. The Balaban J connectivity index is 1.82. The maximum absolute atomic E-state index is 12.1. The topological polar surface area (TPSA) is 96.4 Å². The van der Waals surface area contributed by atoms with Crippen molar-refractivity contribution in [3.8, 4) is 5.75 Å². The van der Waals surface area contributed by atoms with Gasteiger partial charge in [-0.15, -0.1) is 0 Å². The fourth-order valence-corrected chi connectivity index (χ4v) is 2.33. The number of phenols is 1. The van der Waals surface area contributed by atoms with Gasteiger partial charge in [0, 0.05) is 20.1 Å². The van der Waals surface area contributed by atoms with Crippen molar-refractivity contribution in [2.24, 2.45) is 0 Å². The number of aryl methyl sites for hydroxylation is 1. The highest BCUT2D eigenvalue weighted by Gasteiger charge is 2.21. The summed E-state index contributed by atoms with van der Waals surface area (Å²) in [6, 6.07) is 4.53. The minimum absolute atomic E-state index is 0.00885. The SMILES string of the molecule is Cc1ccc(C(=O)OCC(=O)N(C)CC(=O)N2CCOCC2)c(O)c1. The molecule has 8 nitrogen and oxygen atoms in total. The largest absolute Gasteiger partial charge is 0.507 e. The molecule has 25 heavy (non-hydrogen) atoms. The Kier molecular flexibility index (Phi) is 6.35. The predicted molar refractivity (Wildman–Crippen MR) is 88.2 cm³/mol. The van der Waals surface area contributed by atoms with E-state index in [-0.39, 0.29) is 23.8 Å². The monoisotopic (exact) mass is 350 g/mol. The molecule has 1 heterocycles. The molecule has 1 fully saturated rings. The van der Waals surface area contributed by atoms with Crippen LogP contribution in [0.4, 0.5) is 0 Å². The fraction of sp³-hybridized carbons (Fsp3) is 0.471. The lowest BCUT2D eigenvalue weighted by atomic mass is 10.1. The Bertz CT molecular complexity index is 655. The van der Waals surface area contributed by atoms with Crippen LogP contribution < -0.4 is 0 Å². The molecule has 136 valence electrons. The molecule has 0 aromatic heterocycles. The molecular weight excluding hydrogens is 328 g/mol. The van der Waals surface area contributed by atoms with Crippen LogP contribution in [0.1, 0.15) is 15.9 Å². The van der Waals surface area contributed by atoms with Crippen LogP contribution in [0.5, 0.6) is 5.75 Å². The highest BCUT2D eigenvalue weighted by Crippen LogP contribution is 2.19. The van der Waals surface area contributed by atoms with Gasteiger partial charge in [0.05, 0.1) is 19.8 Å². The molecule has 1 N–H and O–H groups in total. The molecule has 0 saturated carbocycles. The molecule has 0 bridgehead atoms. The van der Waals surface area contributed by atoms with Crippen LogP contribution in [0.25, 0.3) is 0 Å². The van der Waals surface area contributed by atoms with Crippen molar-refractivity contribution < 1.29 is 29.0 Å². The molecule has 1 saturated heterocycles. The third kappa shape index (κ3) is 5.18. The molecule has 1 aromatic carbocycles. The van der Waals surface area contributed by atoms with Gasteiger partial charge < -0.3 is 24.4 Å². The van der Waals surface area contributed by atoms with Gasteiger partial charge in [0.1, 0.15) is 11.3 Å². The number of rotatable bonds is 5. The zero-order valence-electron chi connectivity index (χ0n) is 14.4. The lowest BCUT2D eigenvalue weighted by molar-refractivity contribution is -0.143. The van der Waals surface area contributed by atoms with Gasteiger partial charge >= 0.3 is 5.97 Å². The molecule has 1 aliphatic heterocycles. The van der Waals surface area contributed by atoms with Gasteiger partial charge in [-0.2, -0.15) is 0 Å². The number of benzene rings is 1. The van der Waals surface area contributed by atoms with Gasteiger partial charge in [-0.05, 0) is 24.6 Å². The van der Waals surface area contributed by atoms with Crippen molar-refractivity contribution in [2.75, 3.05) is 46.5 Å². The van der Waals surface area contributed by atoms with Crippen LogP contribution in [-0.4, -0.2) is 79.2 Å². The Morgan fingerprint density at radius 1 is 1.28 bits per heavy atom. The average Bonchev–Trinajstić information content (AvgIpc) is 2.60. The van der Waals surface area contributed by atoms with Crippen molar-refractivity contribution in [3.05, 3.63) is 29.3 Å². The molecular formula is C17H22N2O6. The smallest absolute Gasteiger partial charge is 0.342 e. The first-order chi connectivity index (χ1) is 11.9. The predicted octanol–water partition coefficient (Wildman–Crippen LogP) is 0.175. The second-order valence-corrected chi connectivity index (χ2v) is 5.84. The molecule has 2 amide bonds. The quantitative estimate of drug-likeness (QED) is 0.761. The number of hydrogen-bond acceptors (Lipinski definition) is 6. The van der Waals surface area contributed by atoms with Gasteiger partial charge in [-0.25, -0.2) is 4.79 Å². The number of amides is 2. The maximum Gasteiger partial charge on any atom is 0.342 e. The van der Waals surface area contributed by atoms with Gasteiger partial charge in [-0.1, -0.05) is 6.07 Å². The van der Waals surface area contributed by atoms with E-state index >= 15 is 0 Å². The second kappa shape index (κ2) is 8.48. The lowest BCUT2D eigenvalue weighted by Gasteiger charge is -2.28. The number of aromatic hydroxyl groups is 1. The average molecular weight is 350 g/mol. The first-order valence-electron chi connectivity index (χ1n) is 7.94. The highest BCUT2D eigenvalue weighted by atomic mass is 16.5. The van der Waals surface area contributed by atoms with Gasteiger partial charge in [-0.3, -0.25) is 9.59 Å². The summed E-state index contributed by atoms with van der Waals surface area (Å²) in [7, 11) is 1.47. The standard InChI is InChI=1S/C17H22N2O6/c1-12-3-4-13(14(20)9-12)17(23)25-11-16(22)18(2)10-15(21)19-5-7-24-8-6-19/h3-4,9,20H,5-8,10-11H2,1-2H3. The lowest BCUT2D eigenvalue weighted by Crippen LogP contribution is -2.46. The van der Waals surface area contributed by atoms with Crippen LogP contribution in [0.2, 0.25) is 0 Å². The van der Waals surface area contributed by atoms with E-state index in [1.807, 2.05) is 0 Å². The van der Waals surface area contributed by atoms with Crippen molar-refractivity contribution >= 4 is 17.8 Å². The van der Waals surface area contributed by atoms with E-state index in [1.165, 1.54) is 24.1 Å². The normalized spacial score (nSPS) is 14.1. The van der Waals surface area contributed by atoms with Crippen LogP contribution in [-0.2, 0) is 19.1 Å². The van der Waals surface area contributed by atoms with Crippen LogP contribution >= 0.6 is 0 Å². The number of hydrogen-bond donors (Lipinski definition) is 1. The van der Waals surface area contributed by atoms with Crippen molar-refractivity contribution in [1.82, 2.24) is 9.80 Å². The summed E-state index contributed by atoms with van der Waals surface area (Å²) in [5.41, 5.74) is 0.789. The minimum Gasteiger partial charge on any atom is -0.507 e. The summed E-state index contributed by atoms with van der Waals surface area (Å²) in [4.78, 5) is 38.9. The molecule has 8 heteroatoms. The highest BCUT2D eigenvalue weighted by molar-refractivity contribution is 5.94. The number of carbonyl (C=O) groups excluding carboxylic acids is 3. The van der Waals surface area contributed by atoms with Gasteiger partial charge in [0.2, 0.25) is 5.91 Å². The van der Waals surface area contributed by atoms with E-state index in [4.69, 9.17) is 9.47 Å². The molecule has 2 rings (SSSR count). The van der Waals surface area contributed by atoms with Gasteiger partial charge in [0.15, 0.2) is 6.61 Å². The first-order valence-corrected chi connectivity index (χ1v) is 7.94. The van der Waals surface area contributed by atoms with Crippen molar-refractivity contribution in [1.29, 1.82) is 0 Å². The molecule has 1 aromatic rings. The van der Waals surface area contributed by atoms with E-state index in [0.29, 0.717) is 26.3 Å². The summed E-state index contributed by atoms with van der Waals surface area (Å²) in [5, 5.41) is 9.74. The third-order valence-corrected chi connectivity index (χ3v) is 3.86. The number of morpholine rings is 1. The second-order valence-electron chi connectivity index (χ2n) is 5.84. The zero-order valence-corrected chi connectivity index (χ0v) is 14.4. The molecule has 0 radical (unpaired) electrons. The van der Waals surface area contributed by atoms with E-state index in [9.17, 15) is 19.5 Å².